The van der Waals surface area contributed by atoms with Gasteiger partial charge in [-0.2, -0.15) is 0 Å². The Labute approximate surface area is 142 Å². The molecule has 0 radical (unpaired) electrons. The van der Waals surface area contributed by atoms with Crippen molar-refractivity contribution in [2.45, 2.75) is 45.6 Å². The normalized spacial score (nSPS) is 22.3. The van der Waals surface area contributed by atoms with Gasteiger partial charge in [-0.1, -0.05) is 26.0 Å². The lowest BCUT2D eigenvalue weighted by atomic mass is 9.83. The van der Waals surface area contributed by atoms with Gasteiger partial charge >= 0.3 is 5.97 Å². The number of amides is 1. The van der Waals surface area contributed by atoms with E-state index >= 15 is 0 Å². The summed E-state index contributed by atoms with van der Waals surface area (Å²) in [4.78, 5) is 24.5. The van der Waals surface area contributed by atoms with Gasteiger partial charge in [-0.15, -0.1) is 0 Å². The lowest BCUT2D eigenvalue weighted by molar-refractivity contribution is -0.144. The highest BCUT2D eigenvalue weighted by molar-refractivity contribution is 5.99. The summed E-state index contributed by atoms with van der Waals surface area (Å²) >= 11 is 0. The number of nitrogens with one attached hydrogen (secondary N) is 1. The molecule has 0 fully saturated rings. The minimum atomic E-state index is -0.799. The minimum Gasteiger partial charge on any atom is -0.493 e. The topological polar surface area (TPSA) is 64.6 Å². The molecule has 0 aromatic heterocycles. The third kappa shape index (κ3) is 3.03. The van der Waals surface area contributed by atoms with Crippen LogP contribution in [0.15, 0.2) is 35.5 Å². The second kappa shape index (κ2) is 5.96. The number of rotatable bonds is 4. The van der Waals surface area contributed by atoms with Crippen LogP contribution in [0.25, 0.3) is 0 Å². The van der Waals surface area contributed by atoms with Gasteiger partial charge in [-0.25, -0.2) is 4.79 Å². The Hall–Kier alpha value is -2.30. The largest absolute Gasteiger partial charge is 0.493 e. The summed E-state index contributed by atoms with van der Waals surface area (Å²) in [6, 6.07) is 7.62. The van der Waals surface area contributed by atoms with Crippen molar-refractivity contribution in [3.8, 4) is 5.75 Å². The number of benzene rings is 1. The van der Waals surface area contributed by atoms with Crippen molar-refractivity contribution >= 4 is 11.9 Å². The van der Waals surface area contributed by atoms with Gasteiger partial charge in [0, 0.05) is 12.3 Å². The second-order valence-electron chi connectivity index (χ2n) is 7.27. The van der Waals surface area contributed by atoms with E-state index < -0.39 is 5.60 Å². The predicted molar refractivity (Wildman–Crippen MR) is 89.5 cm³/mol. The second-order valence-corrected chi connectivity index (χ2v) is 7.27. The van der Waals surface area contributed by atoms with Crippen LogP contribution in [-0.2, 0) is 14.3 Å². The van der Waals surface area contributed by atoms with Crippen molar-refractivity contribution in [2.75, 3.05) is 6.61 Å². The summed E-state index contributed by atoms with van der Waals surface area (Å²) in [6.07, 6.45) is 0.234. The highest BCUT2D eigenvalue weighted by atomic mass is 16.6. The van der Waals surface area contributed by atoms with Crippen LogP contribution in [0.3, 0.4) is 0 Å². The van der Waals surface area contributed by atoms with Crippen LogP contribution in [0.5, 0.6) is 5.75 Å². The molecule has 5 nitrogen and oxygen atoms in total. The van der Waals surface area contributed by atoms with Crippen molar-refractivity contribution in [3.05, 3.63) is 41.1 Å². The SMILES string of the molecule is CC(C)COc1cccc([C@@H]2CC(=O)NC3=C2C(=O)OC3(C)C)c1. The fraction of sp³-hybridized carbons (Fsp3) is 0.474. The first-order chi connectivity index (χ1) is 11.3. The molecule has 1 atom stereocenters. The predicted octanol–water partition coefficient (Wildman–Crippen LogP) is 2.91. The maximum Gasteiger partial charge on any atom is 0.337 e. The Bertz CT molecular complexity index is 718. The minimum absolute atomic E-state index is 0.0985. The van der Waals surface area contributed by atoms with E-state index in [1.165, 1.54) is 0 Å². The maximum atomic E-state index is 12.4. The number of ether oxygens (including phenoxy) is 2. The molecule has 2 aliphatic rings. The molecule has 2 aliphatic heterocycles. The van der Waals surface area contributed by atoms with Crippen molar-refractivity contribution in [2.24, 2.45) is 5.92 Å². The van der Waals surface area contributed by atoms with Crippen LogP contribution in [0, 0.1) is 5.92 Å². The molecule has 0 unspecified atom stereocenters. The summed E-state index contributed by atoms with van der Waals surface area (Å²) in [5.74, 6) is 0.423. The Balaban J connectivity index is 1.96. The number of hydrogen-bond donors (Lipinski definition) is 1. The van der Waals surface area contributed by atoms with Gasteiger partial charge in [0.05, 0.1) is 17.9 Å². The van der Waals surface area contributed by atoms with Gasteiger partial charge < -0.3 is 14.8 Å². The van der Waals surface area contributed by atoms with Crippen molar-refractivity contribution in [1.29, 1.82) is 0 Å². The lowest BCUT2D eigenvalue weighted by Gasteiger charge is -2.27. The molecule has 5 heteroatoms. The third-order valence-electron chi connectivity index (χ3n) is 4.29. The smallest absolute Gasteiger partial charge is 0.337 e. The highest BCUT2D eigenvalue weighted by Crippen LogP contribution is 2.43. The standard InChI is InChI=1S/C19H23NO4/c1-11(2)10-23-13-7-5-6-12(8-13)14-9-15(21)20-17-16(14)18(22)24-19(17,3)4/h5-8,11,14H,9-10H2,1-4H3,(H,20,21)/t14-/m0/s1. The van der Waals surface area contributed by atoms with Crippen LogP contribution >= 0.6 is 0 Å². The van der Waals surface area contributed by atoms with E-state index in [-0.39, 0.29) is 24.2 Å². The van der Waals surface area contributed by atoms with Crippen molar-refractivity contribution in [3.63, 3.8) is 0 Å². The third-order valence-corrected chi connectivity index (χ3v) is 4.29. The summed E-state index contributed by atoms with van der Waals surface area (Å²) < 4.78 is 11.2. The molecule has 0 saturated heterocycles. The van der Waals surface area contributed by atoms with Crippen LogP contribution in [0.2, 0.25) is 0 Å². The molecule has 1 aromatic rings. The molecule has 24 heavy (non-hydrogen) atoms. The molecule has 1 amide bonds. The van der Waals surface area contributed by atoms with Gasteiger partial charge in [0.2, 0.25) is 5.91 Å². The number of hydrogen-bond acceptors (Lipinski definition) is 4. The molecule has 0 aliphatic carbocycles. The zero-order valence-electron chi connectivity index (χ0n) is 14.5. The quantitative estimate of drug-likeness (QED) is 0.863. The van der Waals surface area contributed by atoms with Gasteiger partial charge in [-0.3, -0.25) is 4.79 Å². The Morgan fingerprint density at radius 1 is 1.33 bits per heavy atom. The fourth-order valence-electron chi connectivity index (χ4n) is 3.14. The van der Waals surface area contributed by atoms with E-state index in [1.54, 1.807) is 13.8 Å². The van der Waals surface area contributed by atoms with E-state index in [1.807, 2.05) is 24.3 Å². The number of carbonyl (C=O) groups excluding carboxylic acids is 2. The monoisotopic (exact) mass is 329 g/mol. The van der Waals surface area contributed by atoms with Gasteiger partial charge in [0.25, 0.3) is 0 Å². The van der Waals surface area contributed by atoms with Crippen LogP contribution in [0.4, 0.5) is 0 Å². The molecular formula is C19H23NO4. The van der Waals surface area contributed by atoms with Gasteiger partial charge in [-0.05, 0) is 37.5 Å². The summed E-state index contributed by atoms with van der Waals surface area (Å²) in [6.45, 7) is 8.37. The first-order valence-electron chi connectivity index (χ1n) is 8.28. The lowest BCUT2D eigenvalue weighted by Crippen LogP contribution is -2.38. The zero-order valence-corrected chi connectivity index (χ0v) is 14.5. The first kappa shape index (κ1) is 16.6. The summed E-state index contributed by atoms with van der Waals surface area (Å²) in [5, 5.41) is 2.82. The molecule has 2 heterocycles. The van der Waals surface area contributed by atoms with Gasteiger partial charge in [0.1, 0.15) is 11.4 Å². The molecule has 1 N–H and O–H groups in total. The van der Waals surface area contributed by atoms with Gasteiger partial charge in [0.15, 0.2) is 0 Å². The van der Waals surface area contributed by atoms with E-state index in [4.69, 9.17) is 9.47 Å². The summed E-state index contributed by atoms with van der Waals surface area (Å²) in [7, 11) is 0. The van der Waals surface area contributed by atoms with Crippen molar-refractivity contribution in [1.82, 2.24) is 5.32 Å². The number of carbonyl (C=O) groups is 2. The highest BCUT2D eigenvalue weighted by Gasteiger charge is 2.47. The van der Waals surface area contributed by atoms with E-state index in [9.17, 15) is 9.59 Å². The van der Waals surface area contributed by atoms with Crippen LogP contribution in [-0.4, -0.2) is 24.1 Å². The average molecular weight is 329 g/mol. The van der Waals surface area contributed by atoms with Crippen molar-refractivity contribution < 1.29 is 19.1 Å². The maximum absolute atomic E-state index is 12.4. The zero-order chi connectivity index (χ0) is 17.5. The van der Waals surface area contributed by atoms with E-state index in [0.29, 0.717) is 23.8 Å². The number of esters is 1. The molecule has 3 rings (SSSR count). The molecule has 1 aromatic carbocycles. The fourth-order valence-corrected chi connectivity index (χ4v) is 3.14. The molecule has 0 saturated carbocycles. The molecular weight excluding hydrogens is 306 g/mol. The average Bonchev–Trinajstić information content (AvgIpc) is 2.74. The molecule has 0 bridgehead atoms. The Morgan fingerprint density at radius 3 is 2.79 bits per heavy atom. The molecule has 128 valence electrons. The van der Waals surface area contributed by atoms with Crippen LogP contribution in [0.1, 0.15) is 45.6 Å². The number of cyclic esters (lactones) is 1. The first-order valence-corrected chi connectivity index (χ1v) is 8.28. The molecule has 0 spiro atoms. The van der Waals surface area contributed by atoms with E-state index in [2.05, 4.69) is 19.2 Å². The Morgan fingerprint density at radius 2 is 2.08 bits per heavy atom. The van der Waals surface area contributed by atoms with Crippen LogP contribution < -0.4 is 10.1 Å². The Kier molecular flexibility index (Phi) is 4.11. The summed E-state index contributed by atoms with van der Waals surface area (Å²) in [5.41, 5.74) is 1.24. The van der Waals surface area contributed by atoms with E-state index in [0.717, 1.165) is 11.3 Å².